The van der Waals surface area contributed by atoms with Gasteiger partial charge in [0.1, 0.15) is 11.5 Å². The molecule has 0 unspecified atom stereocenters. The smallest absolute Gasteiger partial charge is 0.271 e. The van der Waals surface area contributed by atoms with E-state index in [1.54, 1.807) is 12.1 Å². The van der Waals surface area contributed by atoms with Gasteiger partial charge in [-0.1, -0.05) is 35.9 Å². The number of hydrogen-bond acceptors (Lipinski definition) is 4. The number of rotatable bonds is 4. The minimum absolute atomic E-state index is 0.149. The molecule has 0 atom stereocenters. The fraction of sp³-hybridized carbons (Fsp3) is 0.143. The van der Waals surface area contributed by atoms with Crippen molar-refractivity contribution in [3.05, 3.63) is 58.2 Å². The third-order valence-electron chi connectivity index (χ3n) is 2.91. The number of anilines is 1. The first-order chi connectivity index (χ1) is 9.61. The Hall–Kier alpha value is -2.11. The summed E-state index contributed by atoms with van der Waals surface area (Å²) in [7, 11) is 0. The summed E-state index contributed by atoms with van der Waals surface area (Å²) in [5.41, 5.74) is 4.69. The fourth-order valence-corrected chi connectivity index (χ4v) is 1.94. The molecular weight excluding hydrogens is 276 g/mol. The van der Waals surface area contributed by atoms with Crippen LogP contribution in [-0.4, -0.2) is 10.9 Å². The number of halogens is 1. The van der Waals surface area contributed by atoms with Gasteiger partial charge in [0.2, 0.25) is 0 Å². The molecule has 1 heterocycles. The number of hydrogen-bond donors (Lipinski definition) is 3. The second kappa shape index (κ2) is 6.36. The van der Waals surface area contributed by atoms with Crippen LogP contribution in [0.25, 0.3) is 0 Å². The zero-order chi connectivity index (χ0) is 14.5. The standard InChI is InChI=1S/C14H15ClN4O/c1-9-4-2-3-5-10(9)8-17-14(20)13-11(15)6-7-12(18-13)19-16/h2-7H,8,16H2,1H3,(H,17,20)(H,18,19). The van der Waals surface area contributed by atoms with Crippen LogP contribution < -0.4 is 16.6 Å². The summed E-state index contributed by atoms with van der Waals surface area (Å²) in [6.07, 6.45) is 0. The van der Waals surface area contributed by atoms with E-state index in [4.69, 9.17) is 17.4 Å². The Morgan fingerprint density at radius 3 is 2.75 bits per heavy atom. The largest absolute Gasteiger partial charge is 0.347 e. The molecule has 6 heteroatoms. The van der Waals surface area contributed by atoms with Crippen molar-refractivity contribution in [3.63, 3.8) is 0 Å². The Morgan fingerprint density at radius 2 is 2.05 bits per heavy atom. The second-order valence-electron chi connectivity index (χ2n) is 4.28. The van der Waals surface area contributed by atoms with E-state index < -0.39 is 0 Å². The minimum Gasteiger partial charge on any atom is -0.347 e. The Bertz CT molecular complexity index is 630. The van der Waals surface area contributed by atoms with Gasteiger partial charge >= 0.3 is 0 Å². The third kappa shape index (κ3) is 3.26. The molecule has 0 spiro atoms. The SMILES string of the molecule is Cc1ccccc1CNC(=O)c1nc(NN)ccc1Cl. The summed E-state index contributed by atoms with van der Waals surface area (Å²) in [4.78, 5) is 16.1. The zero-order valence-electron chi connectivity index (χ0n) is 11.0. The van der Waals surface area contributed by atoms with Crippen LogP contribution in [0.3, 0.4) is 0 Å². The monoisotopic (exact) mass is 290 g/mol. The van der Waals surface area contributed by atoms with Gasteiger partial charge in [0, 0.05) is 6.54 Å². The molecular formula is C14H15ClN4O. The second-order valence-corrected chi connectivity index (χ2v) is 4.69. The predicted octanol–water partition coefficient (Wildman–Crippen LogP) is 2.26. The average Bonchev–Trinajstić information content (AvgIpc) is 2.46. The molecule has 5 nitrogen and oxygen atoms in total. The van der Waals surface area contributed by atoms with Crippen LogP contribution in [0.5, 0.6) is 0 Å². The number of aromatic nitrogens is 1. The first-order valence-corrected chi connectivity index (χ1v) is 6.45. The van der Waals surface area contributed by atoms with Crippen LogP contribution in [0.4, 0.5) is 5.82 Å². The average molecular weight is 291 g/mol. The number of aryl methyl sites for hydroxylation is 1. The summed E-state index contributed by atoms with van der Waals surface area (Å²) < 4.78 is 0. The topological polar surface area (TPSA) is 80.0 Å². The normalized spacial score (nSPS) is 10.2. The van der Waals surface area contributed by atoms with Crippen molar-refractivity contribution in [1.82, 2.24) is 10.3 Å². The van der Waals surface area contributed by atoms with Crippen LogP contribution in [-0.2, 0) is 6.54 Å². The maximum atomic E-state index is 12.1. The van der Waals surface area contributed by atoms with Gasteiger partial charge in [0.05, 0.1) is 5.02 Å². The molecule has 0 aliphatic rings. The number of nitrogens with one attached hydrogen (secondary N) is 2. The first kappa shape index (κ1) is 14.3. The molecule has 0 saturated carbocycles. The van der Waals surface area contributed by atoms with Crippen molar-refractivity contribution in [3.8, 4) is 0 Å². The quantitative estimate of drug-likeness (QED) is 0.596. The Kier molecular flexibility index (Phi) is 4.55. The van der Waals surface area contributed by atoms with Gasteiger partial charge in [-0.05, 0) is 30.2 Å². The molecule has 1 aromatic heterocycles. The molecule has 1 amide bonds. The number of benzene rings is 1. The number of carbonyl (C=O) groups excluding carboxylic acids is 1. The molecule has 0 radical (unpaired) electrons. The van der Waals surface area contributed by atoms with Crippen LogP contribution in [0.1, 0.15) is 21.6 Å². The summed E-state index contributed by atoms with van der Waals surface area (Å²) in [6.45, 7) is 2.41. The van der Waals surface area contributed by atoms with Crippen LogP contribution in [0.2, 0.25) is 5.02 Å². The maximum Gasteiger partial charge on any atom is 0.271 e. The molecule has 0 fully saturated rings. The Balaban J connectivity index is 2.11. The van der Waals surface area contributed by atoms with Crippen molar-refractivity contribution >= 4 is 23.3 Å². The van der Waals surface area contributed by atoms with E-state index in [9.17, 15) is 4.79 Å². The predicted molar refractivity (Wildman–Crippen MR) is 79.4 cm³/mol. The number of nitrogen functional groups attached to an aromatic ring is 1. The number of amides is 1. The van der Waals surface area contributed by atoms with Gasteiger partial charge in [-0.15, -0.1) is 0 Å². The first-order valence-electron chi connectivity index (χ1n) is 6.07. The molecule has 2 aromatic rings. The van der Waals surface area contributed by atoms with Gasteiger partial charge < -0.3 is 10.7 Å². The summed E-state index contributed by atoms with van der Waals surface area (Å²) in [6, 6.07) is 11.0. The van der Waals surface area contributed by atoms with Crippen molar-refractivity contribution < 1.29 is 4.79 Å². The van der Waals surface area contributed by atoms with E-state index in [1.807, 2.05) is 31.2 Å². The minimum atomic E-state index is -0.338. The van der Waals surface area contributed by atoms with Crippen molar-refractivity contribution in [1.29, 1.82) is 0 Å². The molecule has 0 aliphatic carbocycles. The molecule has 1 aromatic carbocycles. The molecule has 4 N–H and O–H groups in total. The number of pyridine rings is 1. The lowest BCUT2D eigenvalue weighted by atomic mass is 10.1. The number of carbonyl (C=O) groups is 1. The number of nitrogens with two attached hydrogens (primary N) is 1. The van der Waals surface area contributed by atoms with Gasteiger partial charge in [0.15, 0.2) is 0 Å². The van der Waals surface area contributed by atoms with E-state index in [1.165, 1.54) is 0 Å². The number of nitrogens with zero attached hydrogens (tertiary/aromatic N) is 1. The van der Waals surface area contributed by atoms with Gasteiger partial charge in [-0.3, -0.25) is 4.79 Å². The van der Waals surface area contributed by atoms with Crippen molar-refractivity contribution in [2.24, 2.45) is 5.84 Å². The fourth-order valence-electron chi connectivity index (χ4n) is 1.75. The lowest BCUT2D eigenvalue weighted by Crippen LogP contribution is -2.25. The van der Waals surface area contributed by atoms with Crippen LogP contribution >= 0.6 is 11.6 Å². The van der Waals surface area contributed by atoms with Gasteiger partial charge in [-0.25, -0.2) is 10.8 Å². The zero-order valence-corrected chi connectivity index (χ0v) is 11.7. The van der Waals surface area contributed by atoms with E-state index in [0.717, 1.165) is 11.1 Å². The molecule has 20 heavy (non-hydrogen) atoms. The highest BCUT2D eigenvalue weighted by atomic mass is 35.5. The van der Waals surface area contributed by atoms with Crippen molar-refractivity contribution in [2.45, 2.75) is 13.5 Å². The Morgan fingerprint density at radius 1 is 1.30 bits per heavy atom. The molecule has 104 valence electrons. The summed E-state index contributed by atoms with van der Waals surface area (Å²) in [5, 5.41) is 3.08. The third-order valence-corrected chi connectivity index (χ3v) is 3.21. The highest BCUT2D eigenvalue weighted by molar-refractivity contribution is 6.33. The number of hydrazine groups is 1. The molecule has 0 bridgehead atoms. The lowest BCUT2D eigenvalue weighted by Gasteiger charge is -2.09. The lowest BCUT2D eigenvalue weighted by molar-refractivity contribution is 0.0946. The van der Waals surface area contributed by atoms with Crippen LogP contribution in [0.15, 0.2) is 36.4 Å². The van der Waals surface area contributed by atoms with Crippen molar-refractivity contribution in [2.75, 3.05) is 5.43 Å². The molecule has 0 aliphatic heterocycles. The van der Waals surface area contributed by atoms with Gasteiger partial charge in [-0.2, -0.15) is 0 Å². The van der Waals surface area contributed by atoms with Gasteiger partial charge in [0.25, 0.3) is 5.91 Å². The summed E-state index contributed by atoms with van der Waals surface area (Å²) in [5.74, 6) is 5.31. The summed E-state index contributed by atoms with van der Waals surface area (Å²) >= 11 is 5.97. The Labute approximate surface area is 122 Å². The van der Waals surface area contributed by atoms with Crippen LogP contribution in [0, 0.1) is 6.92 Å². The highest BCUT2D eigenvalue weighted by Crippen LogP contribution is 2.16. The maximum absolute atomic E-state index is 12.1. The highest BCUT2D eigenvalue weighted by Gasteiger charge is 2.13. The molecule has 0 saturated heterocycles. The molecule has 2 rings (SSSR count). The van der Waals surface area contributed by atoms with E-state index in [2.05, 4.69) is 15.7 Å². The van der Waals surface area contributed by atoms with E-state index >= 15 is 0 Å². The van der Waals surface area contributed by atoms with E-state index in [-0.39, 0.29) is 16.6 Å². The van der Waals surface area contributed by atoms with E-state index in [0.29, 0.717) is 12.4 Å².